The molecule has 0 spiro atoms. The molecule has 3 aliphatic rings. The van der Waals surface area contributed by atoms with E-state index in [0.717, 1.165) is 0 Å². The van der Waals surface area contributed by atoms with Crippen LogP contribution in [0.1, 0.15) is 20.8 Å². The minimum absolute atomic E-state index is 0.0950. The second-order valence-corrected chi connectivity index (χ2v) is 4.91. The van der Waals surface area contributed by atoms with Crippen LogP contribution in [0.4, 0.5) is 0 Å². The number of ether oxygens (including phenoxy) is 3. The van der Waals surface area contributed by atoms with Gasteiger partial charge in [-0.2, -0.15) is 0 Å². The highest BCUT2D eigenvalue weighted by Crippen LogP contribution is 2.43. The number of nitrogens with zero attached hydrogens (tertiary/aromatic N) is 1. The maximum absolute atomic E-state index is 7.28. The zero-order chi connectivity index (χ0) is 11.1. The molecule has 4 nitrogen and oxygen atoms in total. The molecule has 2 bridgehead atoms. The van der Waals surface area contributed by atoms with Crippen LogP contribution in [0.15, 0.2) is 0 Å². The van der Waals surface area contributed by atoms with Crippen LogP contribution in [0.5, 0.6) is 0 Å². The summed E-state index contributed by atoms with van der Waals surface area (Å²) >= 11 is 0. The van der Waals surface area contributed by atoms with Crippen molar-refractivity contribution in [2.24, 2.45) is 11.3 Å². The minimum Gasteiger partial charge on any atom is -0.327 e. The first-order valence-electron chi connectivity index (χ1n) is 5.30. The van der Waals surface area contributed by atoms with Crippen LogP contribution in [0, 0.1) is 17.9 Å². The van der Waals surface area contributed by atoms with Crippen LogP contribution in [-0.4, -0.2) is 31.8 Å². The molecule has 4 heteroatoms. The van der Waals surface area contributed by atoms with Gasteiger partial charge in [-0.25, -0.2) is 6.57 Å². The van der Waals surface area contributed by atoms with E-state index in [4.69, 9.17) is 20.8 Å². The normalized spacial score (nSPS) is 41.5. The predicted octanol–water partition coefficient (Wildman–Crippen LogP) is 1.67. The smallest absolute Gasteiger partial charge is 0.279 e. The van der Waals surface area contributed by atoms with Crippen molar-refractivity contribution in [3.63, 3.8) is 0 Å². The second kappa shape index (κ2) is 3.44. The van der Waals surface area contributed by atoms with Gasteiger partial charge in [-0.1, -0.05) is 13.8 Å². The molecule has 3 aliphatic heterocycles. The molecule has 0 amide bonds. The summed E-state index contributed by atoms with van der Waals surface area (Å²) in [5.74, 6) is -0.577. The lowest BCUT2D eigenvalue weighted by Gasteiger charge is -2.50. The van der Waals surface area contributed by atoms with E-state index in [0.29, 0.717) is 25.7 Å². The fourth-order valence-electron chi connectivity index (χ4n) is 2.32. The second-order valence-electron chi connectivity index (χ2n) is 4.91. The fourth-order valence-corrected chi connectivity index (χ4v) is 2.32. The van der Waals surface area contributed by atoms with Gasteiger partial charge in [0.25, 0.3) is 5.97 Å². The van der Waals surface area contributed by atoms with Gasteiger partial charge in [-0.3, -0.25) is 0 Å². The largest absolute Gasteiger partial charge is 0.327 e. The van der Waals surface area contributed by atoms with Crippen LogP contribution < -0.4 is 0 Å². The van der Waals surface area contributed by atoms with Crippen LogP contribution in [0.25, 0.3) is 4.85 Å². The first-order chi connectivity index (χ1) is 7.01. The predicted molar refractivity (Wildman–Crippen MR) is 53.9 cm³/mol. The van der Waals surface area contributed by atoms with Gasteiger partial charge in [0.1, 0.15) is 5.41 Å². The summed E-state index contributed by atoms with van der Waals surface area (Å²) in [5, 5.41) is 0. The lowest BCUT2D eigenvalue weighted by molar-refractivity contribution is -0.461. The van der Waals surface area contributed by atoms with Crippen LogP contribution >= 0.6 is 0 Å². The summed E-state index contributed by atoms with van der Waals surface area (Å²) < 4.78 is 16.5. The van der Waals surface area contributed by atoms with Gasteiger partial charge in [-0.05, 0) is 0 Å². The molecule has 0 aromatic rings. The molecule has 1 atom stereocenters. The molecule has 3 rings (SSSR count). The van der Waals surface area contributed by atoms with Crippen LogP contribution in [-0.2, 0) is 14.2 Å². The standard InChI is InChI=1S/C11H17NO3/c1-8(2)9(12-4)11-5-13-10(3,14-6-11)15-7-11/h8-9H,5-7H2,1-3H3/t9-,10?,11?/m0/s1. The molecule has 0 N–H and O–H groups in total. The highest BCUT2D eigenvalue weighted by molar-refractivity contribution is 5.03. The zero-order valence-corrected chi connectivity index (χ0v) is 9.45. The molecule has 15 heavy (non-hydrogen) atoms. The van der Waals surface area contributed by atoms with Crippen molar-refractivity contribution in [3.05, 3.63) is 11.4 Å². The number of fused-ring (bicyclic) bond motifs is 3. The summed E-state index contributed by atoms with van der Waals surface area (Å²) in [7, 11) is 0. The molecule has 3 heterocycles. The molecular weight excluding hydrogens is 194 g/mol. The van der Waals surface area contributed by atoms with Crippen molar-refractivity contribution < 1.29 is 14.2 Å². The maximum atomic E-state index is 7.28. The van der Waals surface area contributed by atoms with E-state index in [1.54, 1.807) is 6.92 Å². The van der Waals surface area contributed by atoms with E-state index in [9.17, 15) is 0 Å². The van der Waals surface area contributed by atoms with Crippen molar-refractivity contribution in [3.8, 4) is 0 Å². The van der Waals surface area contributed by atoms with Crippen molar-refractivity contribution in [1.29, 1.82) is 0 Å². The van der Waals surface area contributed by atoms with Gasteiger partial charge < -0.3 is 19.1 Å². The monoisotopic (exact) mass is 211 g/mol. The molecule has 3 saturated heterocycles. The molecule has 0 aliphatic carbocycles. The Labute approximate surface area is 90.3 Å². The summed E-state index contributed by atoms with van der Waals surface area (Å²) in [6, 6.07) is -0.0950. The van der Waals surface area contributed by atoms with Crippen LogP contribution in [0.2, 0.25) is 0 Å². The van der Waals surface area contributed by atoms with Crippen molar-refractivity contribution in [2.75, 3.05) is 19.8 Å². The summed E-state index contributed by atoms with van der Waals surface area (Å²) in [6.07, 6.45) is 0. The molecule has 0 aromatic carbocycles. The first kappa shape index (κ1) is 10.9. The molecule has 0 unspecified atom stereocenters. The molecule has 0 radical (unpaired) electrons. The van der Waals surface area contributed by atoms with Crippen molar-refractivity contribution in [2.45, 2.75) is 32.8 Å². The number of hydrogen-bond acceptors (Lipinski definition) is 3. The SMILES string of the molecule is [C-]#[N+][C@@H](C(C)C)C12COC(C)(OC1)OC2. The van der Waals surface area contributed by atoms with E-state index in [1.807, 2.05) is 0 Å². The van der Waals surface area contributed by atoms with Crippen molar-refractivity contribution >= 4 is 0 Å². The lowest BCUT2D eigenvalue weighted by Crippen LogP contribution is -2.63. The van der Waals surface area contributed by atoms with Gasteiger partial charge in [0, 0.05) is 12.8 Å². The van der Waals surface area contributed by atoms with Gasteiger partial charge in [0.05, 0.1) is 19.8 Å². The van der Waals surface area contributed by atoms with E-state index >= 15 is 0 Å². The Bertz CT molecular complexity index is 270. The maximum Gasteiger partial charge on any atom is 0.279 e. The summed E-state index contributed by atoms with van der Waals surface area (Å²) in [4.78, 5) is 3.71. The van der Waals surface area contributed by atoms with E-state index < -0.39 is 5.97 Å². The molecule has 3 fully saturated rings. The Morgan fingerprint density at radius 3 is 1.93 bits per heavy atom. The minimum atomic E-state index is -0.870. The Morgan fingerprint density at radius 1 is 1.13 bits per heavy atom. The third-order valence-electron chi connectivity index (χ3n) is 3.26. The van der Waals surface area contributed by atoms with Crippen molar-refractivity contribution in [1.82, 2.24) is 0 Å². The highest BCUT2D eigenvalue weighted by atomic mass is 16.9. The first-order valence-corrected chi connectivity index (χ1v) is 5.30. The average Bonchev–Trinajstić information content (AvgIpc) is 2.20. The third kappa shape index (κ3) is 1.65. The zero-order valence-electron chi connectivity index (χ0n) is 9.45. The lowest BCUT2D eigenvalue weighted by atomic mass is 9.76. The Hall–Kier alpha value is -0.630. The number of rotatable bonds is 2. The van der Waals surface area contributed by atoms with Gasteiger partial charge >= 0.3 is 0 Å². The molecule has 0 saturated carbocycles. The van der Waals surface area contributed by atoms with Gasteiger partial charge in [0.15, 0.2) is 0 Å². The van der Waals surface area contributed by atoms with E-state index in [-0.39, 0.29) is 11.5 Å². The quantitative estimate of drug-likeness (QED) is 0.651. The summed E-state index contributed by atoms with van der Waals surface area (Å²) in [6.45, 7) is 14.9. The average molecular weight is 211 g/mol. The van der Waals surface area contributed by atoms with Gasteiger partial charge in [-0.15, -0.1) is 0 Å². The van der Waals surface area contributed by atoms with Crippen LogP contribution in [0.3, 0.4) is 0 Å². The molecule has 0 aromatic heterocycles. The van der Waals surface area contributed by atoms with Gasteiger partial charge in [0.2, 0.25) is 6.04 Å². The number of hydrogen-bond donors (Lipinski definition) is 0. The Morgan fingerprint density at radius 2 is 1.60 bits per heavy atom. The molecule has 84 valence electrons. The fraction of sp³-hybridized carbons (Fsp3) is 0.909. The van der Waals surface area contributed by atoms with E-state index in [2.05, 4.69) is 18.7 Å². The summed E-state index contributed by atoms with van der Waals surface area (Å²) in [5.41, 5.74) is -0.270. The van der Waals surface area contributed by atoms with E-state index in [1.165, 1.54) is 0 Å². The Balaban J connectivity index is 2.19. The molecular formula is C11H17NO3. The Kier molecular flexibility index (Phi) is 2.50. The third-order valence-corrected chi connectivity index (χ3v) is 3.26. The highest BCUT2D eigenvalue weighted by Gasteiger charge is 2.57. The topological polar surface area (TPSA) is 32.0 Å².